The number of halogens is 3. The molecule has 0 aromatic rings. The third-order valence-electron chi connectivity index (χ3n) is 2.79. The van der Waals surface area contributed by atoms with Crippen LogP contribution in [0.2, 0.25) is 0 Å². The highest BCUT2D eigenvalue weighted by Gasteiger charge is 2.31. The Morgan fingerprint density at radius 2 is 1.94 bits per heavy atom. The first-order chi connectivity index (χ1) is 7.79. The van der Waals surface area contributed by atoms with Gasteiger partial charge in [-0.3, -0.25) is 4.79 Å². The number of rotatable bonds is 4. The Kier molecular flexibility index (Phi) is 5.70. The van der Waals surface area contributed by atoms with Crippen molar-refractivity contribution in [3.05, 3.63) is 0 Å². The Bertz CT molecular complexity index is 268. The zero-order valence-electron chi connectivity index (χ0n) is 9.92. The number of hydrogen-bond acceptors (Lipinski definition) is 3. The van der Waals surface area contributed by atoms with Gasteiger partial charge in [-0.2, -0.15) is 24.9 Å². The van der Waals surface area contributed by atoms with Crippen LogP contribution < -0.4 is 0 Å². The molecule has 1 rings (SSSR count). The number of thioether (sulfide) groups is 2. The fourth-order valence-corrected chi connectivity index (χ4v) is 4.50. The normalized spacial score (nSPS) is 30.3. The molecule has 0 radical (unpaired) electrons. The fourth-order valence-electron chi connectivity index (χ4n) is 1.58. The van der Waals surface area contributed by atoms with Gasteiger partial charge in [-0.15, -0.1) is 11.8 Å². The molecule has 0 aromatic heterocycles. The predicted octanol–water partition coefficient (Wildman–Crippen LogP) is 3.91. The second-order valence-electron chi connectivity index (χ2n) is 4.30. The van der Waals surface area contributed by atoms with Crippen molar-refractivity contribution in [3.8, 4) is 0 Å². The van der Waals surface area contributed by atoms with Gasteiger partial charge in [-0.05, 0) is 6.42 Å². The number of carbonyl (C=O) groups excluding carboxylic acids is 1. The number of hydrogen-bond donors (Lipinski definition) is 0. The van der Waals surface area contributed by atoms with Gasteiger partial charge in [0.1, 0.15) is 5.78 Å². The Morgan fingerprint density at radius 1 is 1.29 bits per heavy atom. The van der Waals surface area contributed by atoms with Crippen molar-refractivity contribution in [1.29, 1.82) is 0 Å². The molecule has 6 heteroatoms. The third kappa shape index (κ3) is 5.55. The van der Waals surface area contributed by atoms with Crippen LogP contribution >= 0.6 is 23.5 Å². The van der Waals surface area contributed by atoms with Gasteiger partial charge in [-0.1, -0.05) is 13.8 Å². The lowest BCUT2D eigenvalue weighted by Crippen LogP contribution is -2.31. The third-order valence-corrected chi connectivity index (χ3v) is 6.23. The summed E-state index contributed by atoms with van der Waals surface area (Å²) < 4.78 is 35.8. The van der Waals surface area contributed by atoms with Gasteiger partial charge < -0.3 is 0 Å². The summed E-state index contributed by atoms with van der Waals surface area (Å²) in [6, 6.07) is 0. The fraction of sp³-hybridized carbons (Fsp3) is 0.909. The molecule has 0 N–H and O–H groups in total. The van der Waals surface area contributed by atoms with E-state index in [0.717, 1.165) is 5.75 Å². The predicted molar refractivity (Wildman–Crippen MR) is 67.7 cm³/mol. The molecule has 3 unspecified atom stereocenters. The van der Waals surface area contributed by atoms with E-state index in [1.807, 2.05) is 0 Å². The Hall–Kier alpha value is 0.160. The standard InChI is InChI=1S/C11H17F3OS2/c1-7-8(2)17-10(6-16-7)9(15)4-3-5-11(12,13)14/h7-8,10H,3-6H2,1-2H3. The van der Waals surface area contributed by atoms with Crippen LogP contribution in [0, 0.1) is 0 Å². The summed E-state index contributed by atoms with van der Waals surface area (Å²) in [5.41, 5.74) is 0. The molecule has 0 aliphatic carbocycles. The second kappa shape index (κ2) is 6.36. The molecule has 1 saturated heterocycles. The van der Waals surface area contributed by atoms with Crippen molar-refractivity contribution < 1.29 is 18.0 Å². The number of Topliss-reactive ketones (excluding diaryl/α,β-unsaturated/α-hetero) is 1. The minimum atomic E-state index is -4.14. The van der Waals surface area contributed by atoms with E-state index in [1.165, 1.54) is 0 Å². The van der Waals surface area contributed by atoms with Crippen LogP contribution in [0.25, 0.3) is 0 Å². The Labute approximate surface area is 108 Å². The van der Waals surface area contributed by atoms with Gasteiger partial charge in [-0.25, -0.2) is 0 Å². The molecule has 0 aromatic carbocycles. The summed E-state index contributed by atoms with van der Waals surface area (Å²) in [5, 5.41) is 0.795. The molecule has 0 bridgehead atoms. The lowest BCUT2D eigenvalue weighted by Gasteiger charge is -2.30. The highest BCUT2D eigenvalue weighted by atomic mass is 32.2. The quantitative estimate of drug-likeness (QED) is 0.780. The summed E-state index contributed by atoms with van der Waals surface area (Å²) in [6.45, 7) is 4.18. The van der Waals surface area contributed by atoms with Crippen LogP contribution in [0.1, 0.15) is 33.1 Å². The van der Waals surface area contributed by atoms with Crippen molar-refractivity contribution in [3.63, 3.8) is 0 Å². The van der Waals surface area contributed by atoms with Gasteiger partial charge in [0, 0.05) is 29.1 Å². The zero-order valence-corrected chi connectivity index (χ0v) is 11.6. The molecule has 0 amide bonds. The summed E-state index contributed by atoms with van der Waals surface area (Å²) in [6.07, 6.45) is -5.02. The average Bonchev–Trinajstić information content (AvgIpc) is 2.20. The smallest absolute Gasteiger partial charge is 0.298 e. The highest BCUT2D eigenvalue weighted by molar-refractivity contribution is 8.08. The number of carbonyl (C=O) groups is 1. The summed E-state index contributed by atoms with van der Waals surface area (Å²) >= 11 is 3.35. The van der Waals surface area contributed by atoms with Crippen LogP contribution in [0.5, 0.6) is 0 Å². The molecule has 0 saturated carbocycles. The van der Waals surface area contributed by atoms with Gasteiger partial charge in [0.2, 0.25) is 0 Å². The molecular weight excluding hydrogens is 269 g/mol. The van der Waals surface area contributed by atoms with Crippen LogP contribution in [0.4, 0.5) is 13.2 Å². The highest BCUT2D eigenvalue weighted by Crippen LogP contribution is 2.36. The van der Waals surface area contributed by atoms with E-state index in [2.05, 4.69) is 13.8 Å². The van der Waals surface area contributed by atoms with Gasteiger partial charge in [0.15, 0.2) is 0 Å². The lowest BCUT2D eigenvalue weighted by molar-refractivity contribution is -0.137. The summed E-state index contributed by atoms with van der Waals surface area (Å²) in [7, 11) is 0. The van der Waals surface area contributed by atoms with Crippen LogP contribution in [-0.4, -0.2) is 33.5 Å². The van der Waals surface area contributed by atoms with Gasteiger partial charge in [0.05, 0.1) is 5.25 Å². The Balaban J connectivity index is 2.29. The van der Waals surface area contributed by atoms with E-state index in [9.17, 15) is 18.0 Å². The van der Waals surface area contributed by atoms with Crippen molar-refractivity contribution in [2.24, 2.45) is 0 Å². The zero-order chi connectivity index (χ0) is 13.1. The maximum Gasteiger partial charge on any atom is 0.389 e. The van der Waals surface area contributed by atoms with E-state index in [0.29, 0.717) is 10.5 Å². The van der Waals surface area contributed by atoms with Crippen LogP contribution in [0.3, 0.4) is 0 Å². The number of alkyl halides is 3. The molecule has 1 nitrogen and oxygen atoms in total. The maximum atomic E-state index is 11.9. The van der Waals surface area contributed by atoms with Crippen molar-refractivity contribution in [2.45, 2.75) is 55.0 Å². The first kappa shape index (κ1) is 15.2. The summed E-state index contributed by atoms with van der Waals surface area (Å²) in [4.78, 5) is 11.7. The minimum absolute atomic E-state index is 0.0227. The van der Waals surface area contributed by atoms with Gasteiger partial charge >= 0.3 is 6.18 Å². The van der Waals surface area contributed by atoms with Crippen LogP contribution in [0.15, 0.2) is 0 Å². The van der Waals surface area contributed by atoms with Crippen molar-refractivity contribution in [1.82, 2.24) is 0 Å². The molecule has 1 aliphatic rings. The summed E-state index contributed by atoms with van der Waals surface area (Å²) in [5.74, 6) is 0.714. The molecule has 1 heterocycles. The molecule has 1 aliphatic heterocycles. The monoisotopic (exact) mass is 286 g/mol. The van der Waals surface area contributed by atoms with Crippen molar-refractivity contribution >= 4 is 29.3 Å². The van der Waals surface area contributed by atoms with Crippen molar-refractivity contribution in [2.75, 3.05) is 5.75 Å². The second-order valence-corrected chi connectivity index (χ2v) is 7.30. The van der Waals surface area contributed by atoms with Gasteiger partial charge in [0.25, 0.3) is 0 Å². The van der Waals surface area contributed by atoms with Crippen LogP contribution in [-0.2, 0) is 4.79 Å². The Morgan fingerprint density at radius 3 is 2.47 bits per heavy atom. The molecule has 1 fully saturated rings. The average molecular weight is 286 g/mol. The topological polar surface area (TPSA) is 17.1 Å². The maximum absolute atomic E-state index is 11.9. The lowest BCUT2D eigenvalue weighted by atomic mass is 10.1. The van der Waals surface area contributed by atoms with E-state index in [-0.39, 0.29) is 23.9 Å². The first-order valence-electron chi connectivity index (χ1n) is 5.66. The first-order valence-corrected chi connectivity index (χ1v) is 7.65. The van der Waals surface area contributed by atoms with E-state index >= 15 is 0 Å². The molecular formula is C11H17F3OS2. The number of ketones is 1. The molecule has 17 heavy (non-hydrogen) atoms. The largest absolute Gasteiger partial charge is 0.389 e. The molecule has 3 atom stereocenters. The van der Waals surface area contributed by atoms with E-state index < -0.39 is 12.6 Å². The molecule has 0 spiro atoms. The minimum Gasteiger partial charge on any atom is -0.298 e. The molecule has 100 valence electrons. The van der Waals surface area contributed by atoms with E-state index in [1.54, 1.807) is 23.5 Å². The van der Waals surface area contributed by atoms with E-state index in [4.69, 9.17) is 0 Å². The SMILES string of the molecule is CC1SCC(C(=O)CCCC(F)(F)F)SC1C.